The summed E-state index contributed by atoms with van der Waals surface area (Å²) in [5, 5.41) is 11.7. The average Bonchev–Trinajstić information content (AvgIpc) is 3.45. The predicted molar refractivity (Wildman–Crippen MR) is 209 cm³/mol. The van der Waals surface area contributed by atoms with E-state index in [9.17, 15) is 0 Å². The van der Waals surface area contributed by atoms with Crippen molar-refractivity contribution in [1.29, 1.82) is 5.41 Å². The van der Waals surface area contributed by atoms with Crippen LogP contribution in [0.4, 0.5) is 10.2 Å². The van der Waals surface area contributed by atoms with Gasteiger partial charge in [-0.25, -0.2) is 4.39 Å². The molecule has 2 N–H and O–H groups in total. The number of hydrogen-bond donors (Lipinski definition) is 2. The Hall–Kier alpha value is -2.69. The molecule has 2 aromatic heterocycles. The quantitative estimate of drug-likeness (QED) is 0.0760. The van der Waals surface area contributed by atoms with Crippen molar-refractivity contribution in [3.63, 3.8) is 0 Å². The second-order valence-corrected chi connectivity index (χ2v) is 15.1. The molecule has 2 saturated heterocycles. The van der Waals surface area contributed by atoms with Gasteiger partial charge in [-0.1, -0.05) is 52.5 Å². The van der Waals surface area contributed by atoms with Gasteiger partial charge in [0.05, 0.1) is 16.6 Å². The van der Waals surface area contributed by atoms with E-state index >= 15 is 4.39 Å². The Morgan fingerprint density at radius 1 is 1.29 bits per heavy atom. The summed E-state index contributed by atoms with van der Waals surface area (Å²) < 4.78 is 23.3. The number of allylic oxidation sites excluding steroid dienone is 7. The molecule has 0 radical (unpaired) electrons. The van der Waals surface area contributed by atoms with Crippen molar-refractivity contribution in [2.75, 3.05) is 38.2 Å². The molecule has 3 atom stereocenters. The lowest BCUT2D eigenvalue weighted by Gasteiger charge is -2.36. The van der Waals surface area contributed by atoms with Gasteiger partial charge in [0.25, 0.3) is 0 Å². The number of rotatable bonds is 16. The van der Waals surface area contributed by atoms with Crippen molar-refractivity contribution in [2.45, 2.75) is 84.6 Å². The zero-order valence-corrected chi connectivity index (χ0v) is 32.4. The number of nitrogens with zero attached hydrogens (tertiary/aromatic N) is 5. The number of fused-ring (bicyclic) bond motifs is 1. The van der Waals surface area contributed by atoms with Gasteiger partial charge in [-0.2, -0.15) is 9.97 Å². The number of nitrogens with one attached hydrogen (secondary N) is 2. The highest BCUT2D eigenvalue weighted by molar-refractivity contribution is 14.2. The third-order valence-corrected chi connectivity index (χ3v) is 11.0. The summed E-state index contributed by atoms with van der Waals surface area (Å²) in [6, 6.07) is 0.219. The normalized spacial score (nSPS) is 21.6. The summed E-state index contributed by atoms with van der Waals surface area (Å²) in [7, 11) is 2.17. The van der Waals surface area contributed by atoms with Crippen molar-refractivity contribution in [1.82, 2.24) is 24.9 Å². The van der Waals surface area contributed by atoms with Crippen LogP contribution in [0.5, 0.6) is 6.01 Å². The average molecular weight is 788 g/mol. The van der Waals surface area contributed by atoms with E-state index in [1.807, 2.05) is 13.0 Å². The molecular formula is C37H52FIN7OP. The molecule has 0 aliphatic carbocycles. The topological polar surface area (TPSA) is 90.3 Å². The number of ether oxygens (including phenoxy) is 1. The molecular weight excluding hydrogens is 735 g/mol. The Morgan fingerprint density at radius 2 is 2.08 bits per heavy atom. The second kappa shape index (κ2) is 17.8. The Labute approximate surface area is 301 Å². The fourth-order valence-electron chi connectivity index (χ4n) is 7.10. The monoisotopic (exact) mass is 787 g/mol. The van der Waals surface area contributed by atoms with Crippen LogP contribution < -0.4 is 14.7 Å². The van der Waals surface area contributed by atoms with Crippen LogP contribution in [0.2, 0.25) is 0 Å². The van der Waals surface area contributed by atoms with E-state index in [0.29, 0.717) is 41.4 Å². The summed E-state index contributed by atoms with van der Waals surface area (Å²) in [5.74, 6) is 0.740. The highest BCUT2D eigenvalue weighted by Crippen LogP contribution is 2.36. The SMILES string of the molecule is C=CC(/C=C(/NPI)C(=C)C=N)=C(Cc1ncc2c(N3CCCC(C)C3)nc(OCC3(CCC)CCCN3C)nc2c1F)\C(=C/C)CC. The van der Waals surface area contributed by atoms with Gasteiger partial charge in [-0.15, -0.1) is 0 Å². The lowest BCUT2D eigenvalue weighted by Crippen LogP contribution is -2.46. The van der Waals surface area contributed by atoms with E-state index in [1.54, 1.807) is 12.3 Å². The van der Waals surface area contributed by atoms with Gasteiger partial charge in [-0.3, -0.25) is 9.88 Å². The van der Waals surface area contributed by atoms with Crippen LogP contribution in [0.3, 0.4) is 0 Å². The summed E-state index contributed by atoms with van der Waals surface area (Å²) >= 11 is 2.25. The van der Waals surface area contributed by atoms with Crippen molar-refractivity contribution >= 4 is 51.4 Å². The summed E-state index contributed by atoms with van der Waals surface area (Å²) in [6.07, 6.45) is 16.6. The zero-order chi connectivity index (χ0) is 34.8. The van der Waals surface area contributed by atoms with Crippen LogP contribution in [0, 0.1) is 17.1 Å². The fraction of sp³-hybridized carbons (Fsp3) is 0.514. The first-order valence-corrected chi connectivity index (χ1v) is 21.2. The van der Waals surface area contributed by atoms with Crippen LogP contribution in [0.25, 0.3) is 10.9 Å². The number of likely N-dealkylation sites (N-methyl/N-ethyl adjacent to an activating group) is 1. The molecule has 0 aromatic carbocycles. The van der Waals surface area contributed by atoms with Gasteiger partial charge in [0.1, 0.15) is 17.9 Å². The lowest BCUT2D eigenvalue weighted by molar-refractivity contribution is 0.0828. The van der Waals surface area contributed by atoms with Crippen molar-refractivity contribution in [2.24, 2.45) is 5.92 Å². The lowest BCUT2D eigenvalue weighted by atomic mass is 9.92. The van der Waals surface area contributed by atoms with Gasteiger partial charge >= 0.3 is 6.01 Å². The molecule has 2 aromatic rings. The molecule has 2 fully saturated rings. The van der Waals surface area contributed by atoms with E-state index < -0.39 is 5.82 Å². The largest absolute Gasteiger partial charge is 0.461 e. The van der Waals surface area contributed by atoms with Crippen molar-refractivity contribution < 1.29 is 9.13 Å². The molecule has 4 rings (SSSR count). The molecule has 8 nitrogen and oxygen atoms in total. The molecule has 2 aliphatic heterocycles. The molecule has 0 amide bonds. The highest BCUT2D eigenvalue weighted by Gasteiger charge is 2.39. The molecule has 4 heterocycles. The number of hydrogen-bond acceptors (Lipinski definition) is 8. The Morgan fingerprint density at radius 3 is 2.69 bits per heavy atom. The van der Waals surface area contributed by atoms with E-state index in [-0.39, 0.29) is 23.5 Å². The third-order valence-electron chi connectivity index (χ3n) is 9.83. The minimum absolute atomic E-state index is 0.0688. The van der Waals surface area contributed by atoms with Crippen molar-refractivity contribution in [3.8, 4) is 6.01 Å². The van der Waals surface area contributed by atoms with Gasteiger partial charge in [-0.05, 0) is 110 Å². The van der Waals surface area contributed by atoms with Gasteiger partial charge in [0.15, 0.2) is 5.82 Å². The van der Waals surface area contributed by atoms with Gasteiger partial charge in [0.2, 0.25) is 0 Å². The number of pyridine rings is 1. The summed E-state index contributed by atoms with van der Waals surface area (Å²) in [6.45, 7) is 19.9. The molecule has 48 heavy (non-hydrogen) atoms. The number of piperidine rings is 1. The van der Waals surface area contributed by atoms with Crippen molar-refractivity contribution in [3.05, 3.63) is 77.1 Å². The smallest absolute Gasteiger partial charge is 0.319 e. The predicted octanol–water partition coefficient (Wildman–Crippen LogP) is 9.05. The van der Waals surface area contributed by atoms with Crippen LogP contribution >= 0.6 is 28.4 Å². The molecule has 0 spiro atoms. The number of anilines is 1. The van der Waals surface area contributed by atoms with Crippen LogP contribution in [-0.4, -0.2) is 64.9 Å². The first-order valence-electron chi connectivity index (χ1n) is 17.1. The Balaban J connectivity index is 1.85. The third kappa shape index (κ3) is 8.72. The summed E-state index contributed by atoms with van der Waals surface area (Å²) in [4.78, 5) is 19.1. The Kier molecular flexibility index (Phi) is 14.1. The minimum Gasteiger partial charge on any atom is -0.461 e. The maximum atomic E-state index is 16.9. The fourth-order valence-corrected chi connectivity index (χ4v) is 8.31. The summed E-state index contributed by atoms with van der Waals surface area (Å²) in [5.41, 5.74) is 4.55. The molecule has 0 saturated carbocycles. The number of likely N-dealkylation sites (tertiary alicyclic amines) is 1. The van der Waals surface area contributed by atoms with E-state index in [4.69, 9.17) is 25.1 Å². The van der Waals surface area contributed by atoms with Crippen LogP contribution in [0.1, 0.15) is 78.3 Å². The van der Waals surface area contributed by atoms with Crippen LogP contribution in [0.15, 0.2) is 65.6 Å². The van der Waals surface area contributed by atoms with E-state index in [0.717, 1.165) is 87.0 Å². The maximum absolute atomic E-state index is 16.9. The minimum atomic E-state index is -0.459. The first-order chi connectivity index (χ1) is 23.1. The zero-order valence-electron chi connectivity index (χ0n) is 29.3. The maximum Gasteiger partial charge on any atom is 0.319 e. The Bertz CT molecular complexity index is 1590. The van der Waals surface area contributed by atoms with Gasteiger partial charge < -0.3 is 20.1 Å². The second-order valence-electron chi connectivity index (χ2n) is 13.0. The molecule has 2 aliphatic rings. The molecule has 11 heteroatoms. The first kappa shape index (κ1) is 38.1. The molecule has 3 unspecified atom stereocenters. The number of aromatic nitrogens is 3. The van der Waals surface area contributed by atoms with E-state index in [2.05, 4.69) is 84.0 Å². The van der Waals surface area contributed by atoms with Crippen LogP contribution in [-0.2, 0) is 6.42 Å². The highest BCUT2D eigenvalue weighted by atomic mass is 127. The van der Waals surface area contributed by atoms with Gasteiger partial charge in [0, 0.05) is 49.6 Å². The standard InChI is InChI=1S/C37H52FIN7OP/c1-8-15-37(16-13-17-45(37)7)24-47-36-42-34-30(35(43-36)46-18-12-14-25(5)23-46)22-41-32(33(34)38)20-29(27(9-2)10-3)28(11-4)19-31(44-48-39)26(6)21-40/h9,11,19,21-22,25,40,44,48H,4,6,8,10,12-18,20,23-24H2,1-3,5,7H3/b27-9-,29-28+,31-19+,40-21?. The van der Waals surface area contributed by atoms with E-state index in [1.165, 1.54) is 6.21 Å². The molecule has 260 valence electrons. The number of halogens is 2. The molecule has 0 bridgehead atoms.